The van der Waals surface area contributed by atoms with Gasteiger partial charge in [0.05, 0.1) is 11.8 Å². The van der Waals surface area contributed by atoms with E-state index in [-0.39, 0.29) is 18.4 Å². The lowest BCUT2D eigenvalue weighted by Crippen LogP contribution is -2.47. The number of thioether (sulfide) groups is 1. The van der Waals surface area contributed by atoms with Gasteiger partial charge in [0.1, 0.15) is 6.04 Å². The first-order valence-electron chi connectivity index (χ1n) is 7.91. The van der Waals surface area contributed by atoms with Gasteiger partial charge in [0.25, 0.3) is 0 Å². The second-order valence-corrected chi connectivity index (χ2v) is 7.87. The highest BCUT2D eigenvalue weighted by Gasteiger charge is 2.22. The molecule has 0 spiro atoms. The average molecular weight is 387 g/mol. The van der Waals surface area contributed by atoms with Crippen LogP contribution in [-0.4, -0.2) is 40.7 Å². The Balaban J connectivity index is 2.44. The highest BCUT2D eigenvalue weighted by Crippen LogP contribution is 2.24. The van der Waals surface area contributed by atoms with Crippen LogP contribution in [0.5, 0.6) is 0 Å². The molecule has 1 unspecified atom stereocenters. The van der Waals surface area contributed by atoms with E-state index in [1.165, 1.54) is 11.8 Å². The summed E-state index contributed by atoms with van der Waals surface area (Å²) < 4.78 is 0. The van der Waals surface area contributed by atoms with Gasteiger partial charge >= 0.3 is 5.97 Å². The second kappa shape index (κ2) is 10.3. The molecule has 0 aliphatic carbocycles. The number of rotatable bonds is 9. The number of carbonyl (C=O) groups is 3. The van der Waals surface area contributed by atoms with Crippen LogP contribution in [0.1, 0.15) is 27.2 Å². The third-order valence-corrected chi connectivity index (χ3v) is 4.62. The van der Waals surface area contributed by atoms with Crippen LogP contribution < -0.4 is 10.6 Å². The van der Waals surface area contributed by atoms with Gasteiger partial charge in [-0.25, -0.2) is 4.79 Å². The molecule has 0 heterocycles. The number of benzene rings is 1. The number of carbonyl (C=O) groups excluding carboxylic acids is 2. The van der Waals surface area contributed by atoms with E-state index in [1.807, 2.05) is 26.0 Å². The molecule has 0 aromatic heterocycles. The van der Waals surface area contributed by atoms with Gasteiger partial charge in [-0.15, -0.1) is 11.8 Å². The van der Waals surface area contributed by atoms with Crippen LogP contribution >= 0.6 is 23.4 Å². The van der Waals surface area contributed by atoms with Gasteiger partial charge in [0.15, 0.2) is 0 Å². The molecule has 2 atom stereocenters. The predicted octanol–water partition coefficient (Wildman–Crippen LogP) is 2.55. The van der Waals surface area contributed by atoms with Crippen LogP contribution in [0.4, 0.5) is 0 Å². The number of amides is 2. The third kappa shape index (κ3) is 8.27. The van der Waals surface area contributed by atoms with E-state index < -0.39 is 23.2 Å². The summed E-state index contributed by atoms with van der Waals surface area (Å²) in [5.41, 5.74) is 0. The molecule has 0 saturated heterocycles. The third-order valence-electron chi connectivity index (χ3n) is 3.26. The Kier molecular flexibility index (Phi) is 8.78. The molecule has 0 aliphatic rings. The van der Waals surface area contributed by atoms with E-state index in [9.17, 15) is 14.4 Å². The van der Waals surface area contributed by atoms with Crippen molar-refractivity contribution in [2.75, 3.05) is 6.54 Å². The summed E-state index contributed by atoms with van der Waals surface area (Å²) >= 11 is 7.16. The van der Waals surface area contributed by atoms with Crippen LogP contribution in [-0.2, 0) is 14.4 Å². The minimum atomic E-state index is -1.08. The summed E-state index contributed by atoms with van der Waals surface area (Å²) in [4.78, 5) is 35.9. The minimum Gasteiger partial charge on any atom is -0.480 e. The fraction of sp³-hybridized carbons (Fsp3) is 0.471. The molecule has 0 saturated carbocycles. The smallest absolute Gasteiger partial charge is 0.326 e. The van der Waals surface area contributed by atoms with Gasteiger partial charge < -0.3 is 15.7 Å². The van der Waals surface area contributed by atoms with Gasteiger partial charge in [0, 0.05) is 9.92 Å². The van der Waals surface area contributed by atoms with Crippen molar-refractivity contribution in [3.8, 4) is 0 Å². The molecule has 1 aromatic rings. The number of carboxylic acids is 1. The number of nitrogens with one attached hydrogen (secondary N) is 2. The summed E-state index contributed by atoms with van der Waals surface area (Å²) in [7, 11) is 0. The van der Waals surface area contributed by atoms with E-state index in [2.05, 4.69) is 10.6 Å². The first-order chi connectivity index (χ1) is 11.7. The van der Waals surface area contributed by atoms with Crippen LogP contribution in [0.25, 0.3) is 0 Å². The minimum absolute atomic E-state index is 0.131. The van der Waals surface area contributed by atoms with E-state index >= 15 is 0 Å². The van der Waals surface area contributed by atoms with E-state index in [4.69, 9.17) is 16.7 Å². The Hall–Kier alpha value is -1.73. The molecular formula is C17H23ClN2O4S. The number of aliphatic carboxylic acids is 1. The Labute approximate surface area is 156 Å². The Morgan fingerprint density at radius 1 is 1.16 bits per heavy atom. The molecule has 0 radical (unpaired) electrons. The van der Waals surface area contributed by atoms with E-state index in [0.717, 1.165) is 4.90 Å². The van der Waals surface area contributed by atoms with Gasteiger partial charge in [-0.05, 0) is 43.5 Å². The highest BCUT2D eigenvalue weighted by molar-refractivity contribution is 8.00. The fourth-order valence-corrected chi connectivity index (χ4v) is 3.04. The zero-order valence-electron chi connectivity index (χ0n) is 14.4. The van der Waals surface area contributed by atoms with Crippen LogP contribution in [0.3, 0.4) is 0 Å². The average Bonchev–Trinajstić information content (AvgIpc) is 2.53. The first kappa shape index (κ1) is 21.3. The van der Waals surface area contributed by atoms with Crippen molar-refractivity contribution < 1.29 is 19.5 Å². The van der Waals surface area contributed by atoms with E-state index in [0.29, 0.717) is 11.4 Å². The van der Waals surface area contributed by atoms with Crippen molar-refractivity contribution in [2.45, 2.75) is 43.4 Å². The van der Waals surface area contributed by atoms with Crippen molar-refractivity contribution in [2.24, 2.45) is 5.92 Å². The summed E-state index contributed by atoms with van der Waals surface area (Å²) in [6.45, 7) is 5.22. The van der Waals surface area contributed by atoms with Crippen LogP contribution in [0.15, 0.2) is 29.2 Å². The lowest BCUT2D eigenvalue weighted by Gasteiger charge is -2.17. The zero-order chi connectivity index (χ0) is 19.0. The Morgan fingerprint density at radius 3 is 2.28 bits per heavy atom. The summed E-state index contributed by atoms with van der Waals surface area (Å²) in [5.74, 6) is -1.78. The maximum Gasteiger partial charge on any atom is 0.326 e. The summed E-state index contributed by atoms with van der Waals surface area (Å²) in [5, 5.41) is 14.3. The summed E-state index contributed by atoms with van der Waals surface area (Å²) in [6, 6.07) is 6.15. The molecular weight excluding hydrogens is 364 g/mol. The maximum atomic E-state index is 12.1. The van der Waals surface area contributed by atoms with E-state index in [1.54, 1.807) is 19.1 Å². The number of hydrogen-bond donors (Lipinski definition) is 3. The van der Waals surface area contributed by atoms with Crippen molar-refractivity contribution in [1.82, 2.24) is 10.6 Å². The molecule has 2 amide bonds. The molecule has 25 heavy (non-hydrogen) atoms. The maximum absolute atomic E-state index is 12.1. The molecule has 1 rings (SSSR count). The standard InChI is InChI=1S/C17H23ClN2O4S/c1-10(2)8-14(17(23)24)20-15(21)9-19-16(22)11(3)25-13-6-4-12(18)5-7-13/h4-7,10-11,14H,8-9H2,1-3H3,(H,19,22)(H,20,21)(H,23,24)/t11?,14-/m0/s1. The lowest BCUT2D eigenvalue weighted by atomic mass is 10.0. The number of carboxylic acid groups (broad SMARTS) is 1. The molecule has 0 fully saturated rings. The van der Waals surface area contributed by atoms with Crippen LogP contribution in [0.2, 0.25) is 5.02 Å². The SMILES string of the molecule is CC(C)C[C@H](NC(=O)CNC(=O)C(C)Sc1ccc(Cl)cc1)C(=O)O. The highest BCUT2D eigenvalue weighted by atomic mass is 35.5. The predicted molar refractivity (Wildman–Crippen MR) is 98.8 cm³/mol. The van der Waals surface area contributed by atoms with Crippen LogP contribution in [0, 0.1) is 5.92 Å². The monoisotopic (exact) mass is 386 g/mol. The zero-order valence-corrected chi connectivity index (χ0v) is 16.0. The number of hydrogen-bond acceptors (Lipinski definition) is 4. The quantitative estimate of drug-likeness (QED) is 0.567. The Morgan fingerprint density at radius 2 is 1.76 bits per heavy atom. The summed E-state index contributed by atoms with van der Waals surface area (Å²) in [6.07, 6.45) is 0.331. The molecule has 6 nitrogen and oxygen atoms in total. The Bertz CT molecular complexity index is 607. The van der Waals surface area contributed by atoms with Gasteiger partial charge in [-0.1, -0.05) is 25.4 Å². The number of halogens is 1. The van der Waals surface area contributed by atoms with Crippen molar-refractivity contribution >= 4 is 41.1 Å². The van der Waals surface area contributed by atoms with Crippen molar-refractivity contribution in [1.29, 1.82) is 0 Å². The topological polar surface area (TPSA) is 95.5 Å². The van der Waals surface area contributed by atoms with Gasteiger partial charge in [-0.3, -0.25) is 9.59 Å². The lowest BCUT2D eigenvalue weighted by molar-refractivity contribution is -0.142. The van der Waals surface area contributed by atoms with Crippen molar-refractivity contribution in [3.05, 3.63) is 29.3 Å². The second-order valence-electron chi connectivity index (χ2n) is 6.02. The molecule has 1 aromatic carbocycles. The first-order valence-corrected chi connectivity index (χ1v) is 9.17. The molecule has 0 bridgehead atoms. The largest absolute Gasteiger partial charge is 0.480 e. The fourth-order valence-electron chi connectivity index (χ4n) is 2.02. The van der Waals surface area contributed by atoms with Gasteiger partial charge in [0.2, 0.25) is 11.8 Å². The molecule has 0 aliphatic heterocycles. The molecule has 3 N–H and O–H groups in total. The van der Waals surface area contributed by atoms with Gasteiger partial charge in [-0.2, -0.15) is 0 Å². The van der Waals surface area contributed by atoms with Crippen molar-refractivity contribution in [3.63, 3.8) is 0 Å². The molecule has 8 heteroatoms. The normalized spacial score (nSPS) is 13.2. The molecule has 138 valence electrons.